The van der Waals surface area contributed by atoms with Crippen molar-refractivity contribution >= 4 is 21.9 Å². The lowest BCUT2D eigenvalue weighted by Crippen LogP contribution is -2.26. The number of aryl methyl sites for hydroxylation is 1. The van der Waals surface area contributed by atoms with Crippen molar-refractivity contribution in [3.63, 3.8) is 0 Å². The summed E-state index contributed by atoms with van der Waals surface area (Å²) < 4.78 is 29.6. The molecule has 2 rings (SSSR count). The first-order chi connectivity index (χ1) is 8.42. The zero-order chi connectivity index (χ0) is 13.3. The van der Waals surface area contributed by atoms with Crippen LogP contribution in [0.1, 0.15) is 16.7 Å². The topological polar surface area (TPSA) is 55.4 Å². The minimum absolute atomic E-state index is 0.264. The van der Waals surface area contributed by atoms with Gasteiger partial charge in [0.2, 0.25) is 0 Å². The Kier molecular flexibility index (Phi) is 4.01. The second-order valence-electron chi connectivity index (χ2n) is 4.34. The van der Waals surface area contributed by atoms with Crippen molar-refractivity contribution in [1.82, 2.24) is 5.32 Å². The molecule has 1 aliphatic rings. The summed E-state index contributed by atoms with van der Waals surface area (Å²) in [4.78, 5) is 0.264. The van der Waals surface area contributed by atoms with Gasteiger partial charge in [0, 0.05) is 12.3 Å². The Labute approximate surface area is 112 Å². The summed E-state index contributed by atoms with van der Waals surface area (Å²) in [6.45, 7) is 6.48. The standard InChI is InChI=1S/C12H17NO3S2/c1-8-4-5-11(10(3)9(8)2)18(14,15)16-12-13-6-7-17-12/h4-5,12-13H,6-7H2,1-3H3. The number of hydrogen-bond acceptors (Lipinski definition) is 5. The zero-order valence-electron chi connectivity index (χ0n) is 10.7. The van der Waals surface area contributed by atoms with Crippen molar-refractivity contribution in [3.05, 3.63) is 28.8 Å². The first-order valence-electron chi connectivity index (χ1n) is 5.77. The van der Waals surface area contributed by atoms with E-state index in [0.29, 0.717) is 0 Å². The van der Waals surface area contributed by atoms with E-state index in [4.69, 9.17) is 4.18 Å². The Morgan fingerprint density at radius 2 is 2.00 bits per heavy atom. The van der Waals surface area contributed by atoms with Gasteiger partial charge in [-0.3, -0.25) is 5.32 Å². The van der Waals surface area contributed by atoms with Crippen molar-refractivity contribution in [3.8, 4) is 0 Å². The highest BCUT2D eigenvalue weighted by Crippen LogP contribution is 2.26. The van der Waals surface area contributed by atoms with E-state index in [1.807, 2.05) is 26.8 Å². The minimum Gasteiger partial charge on any atom is -0.281 e. The van der Waals surface area contributed by atoms with E-state index in [-0.39, 0.29) is 4.90 Å². The maximum atomic E-state index is 12.2. The molecule has 0 radical (unpaired) electrons. The molecule has 1 N–H and O–H groups in total. The number of thioether (sulfide) groups is 1. The molecule has 6 heteroatoms. The van der Waals surface area contributed by atoms with Crippen molar-refractivity contribution in [2.45, 2.75) is 31.2 Å². The molecule has 1 unspecified atom stereocenters. The van der Waals surface area contributed by atoms with Gasteiger partial charge in [-0.15, -0.1) is 11.8 Å². The van der Waals surface area contributed by atoms with Crippen LogP contribution in [0.15, 0.2) is 17.0 Å². The van der Waals surface area contributed by atoms with E-state index in [0.717, 1.165) is 29.0 Å². The normalized spacial score (nSPS) is 20.3. The highest BCUT2D eigenvalue weighted by atomic mass is 32.2. The quantitative estimate of drug-likeness (QED) is 0.861. The largest absolute Gasteiger partial charge is 0.299 e. The van der Waals surface area contributed by atoms with E-state index in [1.54, 1.807) is 6.07 Å². The third kappa shape index (κ3) is 2.71. The summed E-state index contributed by atoms with van der Waals surface area (Å²) >= 11 is 1.46. The van der Waals surface area contributed by atoms with Crippen LogP contribution in [0.25, 0.3) is 0 Å². The molecule has 1 fully saturated rings. The zero-order valence-corrected chi connectivity index (χ0v) is 12.3. The lowest BCUT2D eigenvalue weighted by atomic mass is 10.1. The third-order valence-electron chi connectivity index (χ3n) is 3.17. The molecular weight excluding hydrogens is 270 g/mol. The second-order valence-corrected chi connectivity index (χ2v) is 7.05. The first kappa shape index (κ1) is 13.9. The lowest BCUT2D eigenvalue weighted by Gasteiger charge is -2.14. The van der Waals surface area contributed by atoms with E-state index in [1.165, 1.54) is 11.8 Å². The summed E-state index contributed by atoms with van der Waals surface area (Å²) in [5.41, 5.74) is 2.38. The predicted molar refractivity (Wildman–Crippen MR) is 73.2 cm³/mol. The maximum Gasteiger partial charge on any atom is 0.299 e. The molecule has 0 aromatic heterocycles. The first-order valence-corrected chi connectivity index (χ1v) is 8.22. The molecule has 1 aliphatic heterocycles. The van der Waals surface area contributed by atoms with Crippen molar-refractivity contribution in [2.75, 3.05) is 12.3 Å². The van der Waals surface area contributed by atoms with Crippen LogP contribution < -0.4 is 5.32 Å². The molecule has 1 heterocycles. The molecule has 1 aromatic rings. The van der Waals surface area contributed by atoms with Gasteiger partial charge in [-0.2, -0.15) is 8.42 Å². The van der Waals surface area contributed by atoms with E-state index >= 15 is 0 Å². The highest BCUT2D eigenvalue weighted by molar-refractivity contribution is 8.00. The van der Waals surface area contributed by atoms with Crippen LogP contribution in [-0.4, -0.2) is 26.3 Å². The van der Waals surface area contributed by atoms with Gasteiger partial charge in [0.1, 0.15) is 0 Å². The van der Waals surface area contributed by atoms with Crippen LogP contribution in [0.4, 0.5) is 0 Å². The monoisotopic (exact) mass is 287 g/mol. The van der Waals surface area contributed by atoms with Crippen LogP contribution in [0, 0.1) is 20.8 Å². The van der Waals surface area contributed by atoms with Crippen LogP contribution in [0.3, 0.4) is 0 Å². The number of benzene rings is 1. The molecule has 0 bridgehead atoms. The Balaban J connectivity index is 2.32. The molecule has 18 heavy (non-hydrogen) atoms. The molecule has 4 nitrogen and oxygen atoms in total. The highest BCUT2D eigenvalue weighted by Gasteiger charge is 2.26. The molecule has 0 saturated carbocycles. The Morgan fingerprint density at radius 3 is 2.61 bits per heavy atom. The van der Waals surface area contributed by atoms with Gasteiger partial charge in [-0.25, -0.2) is 4.18 Å². The van der Waals surface area contributed by atoms with Gasteiger partial charge < -0.3 is 0 Å². The van der Waals surface area contributed by atoms with Gasteiger partial charge in [-0.05, 0) is 43.5 Å². The lowest BCUT2D eigenvalue weighted by molar-refractivity contribution is 0.266. The molecule has 0 aliphatic carbocycles. The van der Waals surface area contributed by atoms with Gasteiger partial charge in [0.25, 0.3) is 10.1 Å². The van der Waals surface area contributed by atoms with E-state index in [2.05, 4.69) is 5.32 Å². The smallest absolute Gasteiger partial charge is 0.281 e. The fourth-order valence-electron chi connectivity index (χ4n) is 1.83. The molecule has 0 amide bonds. The van der Waals surface area contributed by atoms with Crippen LogP contribution >= 0.6 is 11.8 Å². The molecule has 1 saturated heterocycles. The summed E-state index contributed by atoms with van der Waals surface area (Å²) in [5, 5.41) is 2.99. The molecule has 100 valence electrons. The SMILES string of the molecule is Cc1ccc(S(=O)(=O)OC2NCCS2)c(C)c1C. The average Bonchev–Trinajstić information content (AvgIpc) is 2.77. The summed E-state index contributed by atoms with van der Waals surface area (Å²) in [7, 11) is -3.70. The van der Waals surface area contributed by atoms with E-state index in [9.17, 15) is 8.42 Å². The minimum atomic E-state index is -3.70. The second kappa shape index (κ2) is 5.21. The van der Waals surface area contributed by atoms with Gasteiger partial charge >= 0.3 is 0 Å². The van der Waals surface area contributed by atoms with Crippen LogP contribution in [0.5, 0.6) is 0 Å². The van der Waals surface area contributed by atoms with E-state index < -0.39 is 15.7 Å². The maximum absolute atomic E-state index is 12.2. The summed E-state index contributed by atoms with van der Waals surface area (Å²) in [5.74, 6) is 0.867. The van der Waals surface area contributed by atoms with Crippen LogP contribution in [0.2, 0.25) is 0 Å². The Hall–Kier alpha value is -0.560. The number of hydrogen-bond donors (Lipinski definition) is 1. The Bertz CT molecular complexity index is 549. The number of rotatable bonds is 3. The Morgan fingerprint density at radius 1 is 1.28 bits per heavy atom. The summed E-state index contributed by atoms with van der Waals surface area (Å²) in [6, 6.07) is 3.43. The molecule has 1 aromatic carbocycles. The molecule has 0 spiro atoms. The predicted octanol–water partition coefficient (Wildman–Crippen LogP) is 1.94. The third-order valence-corrected chi connectivity index (χ3v) is 5.73. The summed E-state index contributed by atoms with van der Waals surface area (Å²) in [6.07, 6.45) is 0. The van der Waals surface area contributed by atoms with Crippen molar-refractivity contribution in [2.24, 2.45) is 0 Å². The number of nitrogens with one attached hydrogen (secondary N) is 1. The van der Waals surface area contributed by atoms with Crippen LogP contribution in [-0.2, 0) is 14.3 Å². The van der Waals surface area contributed by atoms with Gasteiger partial charge in [0.15, 0.2) is 5.56 Å². The van der Waals surface area contributed by atoms with Gasteiger partial charge in [0.05, 0.1) is 4.90 Å². The average molecular weight is 287 g/mol. The molecular formula is C12H17NO3S2. The fourth-order valence-corrected chi connectivity index (χ4v) is 4.22. The van der Waals surface area contributed by atoms with Crippen molar-refractivity contribution in [1.29, 1.82) is 0 Å². The van der Waals surface area contributed by atoms with Gasteiger partial charge in [-0.1, -0.05) is 6.07 Å². The fraction of sp³-hybridized carbons (Fsp3) is 0.500. The van der Waals surface area contributed by atoms with Crippen molar-refractivity contribution < 1.29 is 12.6 Å². The molecule has 1 atom stereocenters.